The molecular weight excluding hydrogens is 307 g/mol. The average Bonchev–Trinajstić information content (AvgIpc) is 3.16. The van der Waals surface area contributed by atoms with E-state index in [1.54, 1.807) is 18.2 Å². The molecule has 5 nitrogen and oxygen atoms in total. The van der Waals surface area contributed by atoms with Crippen LogP contribution in [0.25, 0.3) is 10.6 Å². The molecule has 0 spiro atoms. The first kappa shape index (κ1) is 14.6. The quantitative estimate of drug-likeness (QED) is 0.944. The number of benzene rings is 1. The first-order chi connectivity index (χ1) is 10.6. The number of carbonyl (C=O) groups excluding carboxylic acids is 1. The van der Waals surface area contributed by atoms with Gasteiger partial charge in [-0.2, -0.15) is 0 Å². The number of thiazole rings is 1. The van der Waals surface area contributed by atoms with Gasteiger partial charge in [0.25, 0.3) is 5.91 Å². The maximum absolute atomic E-state index is 13.7. The number of hydrogen-bond donors (Lipinski definition) is 1. The summed E-state index contributed by atoms with van der Waals surface area (Å²) < 4.78 is 13.7. The third-order valence-electron chi connectivity index (χ3n) is 3.62. The standard InChI is InChI=1S/C15H13FN2O3S/c16-10-5-2-1-4-9(10)13-17-8-12(22-13)14(19)18-7-3-6-11(18)15(20)21/h1-2,4-5,8,11H,3,6-7H2,(H,20,21)/t11-/m0/s1. The molecule has 1 aromatic heterocycles. The van der Waals surface area contributed by atoms with E-state index in [-0.39, 0.29) is 5.91 Å². The number of halogens is 1. The lowest BCUT2D eigenvalue weighted by Gasteiger charge is -2.20. The zero-order chi connectivity index (χ0) is 15.7. The molecule has 1 saturated heterocycles. The summed E-state index contributed by atoms with van der Waals surface area (Å²) in [6.45, 7) is 0.419. The Kier molecular flexibility index (Phi) is 3.89. The molecule has 1 atom stereocenters. The number of likely N-dealkylation sites (tertiary alicyclic amines) is 1. The Labute approximate surface area is 130 Å². The minimum absolute atomic E-state index is 0.325. The molecule has 2 heterocycles. The highest BCUT2D eigenvalue weighted by molar-refractivity contribution is 7.16. The second-order valence-corrected chi connectivity index (χ2v) is 6.03. The van der Waals surface area contributed by atoms with Crippen molar-refractivity contribution in [2.75, 3.05) is 6.54 Å². The fourth-order valence-corrected chi connectivity index (χ4v) is 3.44. The molecule has 7 heteroatoms. The molecule has 1 N–H and O–H groups in total. The van der Waals surface area contributed by atoms with Crippen LogP contribution in [0.15, 0.2) is 30.5 Å². The van der Waals surface area contributed by atoms with Crippen LogP contribution in [0.3, 0.4) is 0 Å². The van der Waals surface area contributed by atoms with Gasteiger partial charge in [-0.25, -0.2) is 14.2 Å². The summed E-state index contributed by atoms with van der Waals surface area (Å²) in [7, 11) is 0. The van der Waals surface area contributed by atoms with Gasteiger partial charge in [0, 0.05) is 12.1 Å². The van der Waals surface area contributed by atoms with E-state index < -0.39 is 17.8 Å². The summed E-state index contributed by atoms with van der Waals surface area (Å²) in [5.74, 6) is -1.75. The van der Waals surface area contributed by atoms with E-state index in [9.17, 15) is 14.0 Å². The first-order valence-electron chi connectivity index (χ1n) is 6.82. The molecule has 114 valence electrons. The van der Waals surface area contributed by atoms with E-state index in [0.29, 0.717) is 34.8 Å². The molecule has 1 amide bonds. The van der Waals surface area contributed by atoms with E-state index in [0.717, 1.165) is 11.3 Å². The minimum Gasteiger partial charge on any atom is -0.480 e. The Morgan fingerprint density at radius 2 is 2.14 bits per heavy atom. The molecule has 3 rings (SSSR count). The Balaban J connectivity index is 1.86. The van der Waals surface area contributed by atoms with Gasteiger partial charge in [-0.1, -0.05) is 12.1 Å². The van der Waals surface area contributed by atoms with Crippen LogP contribution in [0.2, 0.25) is 0 Å². The van der Waals surface area contributed by atoms with Crippen LogP contribution >= 0.6 is 11.3 Å². The second-order valence-electron chi connectivity index (χ2n) is 5.00. The summed E-state index contributed by atoms with van der Waals surface area (Å²) in [4.78, 5) is 29.4. The van der Waals surface area contributed by atoms with E-state index >= 15 is 0 Å². The minimum atomic E-state index is -0.996. The molecule has 0 unspecified atom stereocenters. The van der Waals surface area contributed by atoms with Gasteiger partial charge >= 0.3 is 5.97 Å². The Morgan fingerprint density at radius 3 is 2.86 bits per heavy atom. The Hall–Kier alpha value is -2.28. The maximum atomic E-state index is 13.7. The molecule has 1 aliphatic rings. The average molecular weight is 320 g/mol. The first-order valence-corrected chi connectivity index (χ1v) is 7.64. The number of amides is 1. The lowest BCUT2D eigenvalue weighted by atomic mass is 10.2. The van der Waals surface area contributed by atoms with Crippen LogP contribution in [-0.2, 0) is 4.79 Å². The van der Waals surface area contributed by atoms with Crippen molar-refractivity contribution in [3.63, 3.8) is 0 Å². The Morgan fingerprint density at radius 1 is 1.36 bits per heavy atom. The molecule has 1 aliphatic heterocycles. The fourth-order valence-electron chi connectivity index (χ4n) is 2.54. The van der Waals surface area contributed by atoms with E-state index in [2.05, 4.69) is 4.98 Å². The van der Waals surface area contributed by atoms with Gasteiger partial charge in [-0.05, 0) is 25.0 Å². The highest BCUT2D eigenvalue weighted by atomic mass is 32.1. The highest BCUT2D eigenvalue weighted by Gasteiger charge is 2.35. The van der Waals surface area contributed by atoms with Crippen molar-refractivity contribution in [1.29, 1.82) is 0 Å². The molecule has 0 bridgehead atoms. The zero-order valence-corrected chi connectivity index (χ0v) is 12.3. The lowest BCUT2D eigenvalue weighted by molar-refractivity contribution is -0.141. The largest absolute Gasteiger partial charge is 0.480 e. The SMILES string of the molecule is O=C(O)[C@@H]1CCCN1C(=O)c1cnc(-c2ccccc2F)s1. The molecule has 1 aromatic carbocycles. The molecule has 0 radical (unpaired) electrons. The monoisotopic (exact) mass is 320 g/mol. The molecule has 2 aromatic rings. The van der Waals surface area contributed by atoms with Crippen molar-refractivity contribution in [2.45, 2.75) is 18.9 Å². The van der Waals surface area contributed by atoms with Gasteiger partial charge in [-0.3, -0.25) is 4.79 Å². The predicted octanol–water partition coefficient (Wildman–Crippen LogP) is 2.64. The lowest BCUT2D eigenvalue weighted by Crippen LogP contribution is -2.40. The molecule has 22 heavy (non-hydrogen) atoms. The predicted molar refractivity (Wildman–Crippen MR) is 79.2 cm³/mol. The molecular formula is C15H13FN2O3S. The van der Waals surface area contributed by atoms with Crippen LogP contribution < -0.4 is 0 Å². The summed E-state index contributed by atoms with van der Waals surface area (Å²) in [5, 5.41) is 9.55. The van der Waals surface area contributed by atoms with Crippen LogP contribution in [-0.4, -0.2) is 39.5 Å². The number of carboxylic acids is 1. The third kappa shape index (κ3) is 2.59. The summed E-state index contributed by atoms with van der Waals surface area (Å²) in [6, 6.07) is 5.42. The number of carboxylic acid groups (broad SMARTS) is 1. The number of aliphatic carboxylic acids is 1. The Bertz CT molecular complexity index is 731. The molecule has 0 saturated carbocycles. The van der Waals surface area contributed by atoms with Crippen molar-refractivity contribution in [1.82, 2.24) is 9.88 Å². The smallest absolute Gasteiger partial charge is 0.326 e. The number of rotatable bonds is 3. The third-order valence-corrected chi connectivity index (χ3v) is 4.64. The van der Waals surface area contributed by atoms with Gasteiger partial charge in [0.05, 0.1) is 6.20 Å². The fraction of sp³-hybridized carbons (Fsp3) is 0.267. The van der Waals surface area contributed by atoms with Gasteiger partial charge in [0.15, 0.2) is 0 Å². The number of hydrogen-bond acceptors (Lipinski definition) is 4. The van der Waals surface area contributed by atoms with Gasteiger partial charge < -0.3 is 10.0 Å². The van der Waals surface area contributed by atoms with Crippen LogP contribution in [0.5, 0.6) is 0 Å². The van der Waals surface area contributed by atoms with Crippen molar-refractivity contribution >= 4 is 23.2 Å². The maximum Gasteiger partial charge on any atom is 0.326 e. The zero-order valence-electron chi connectivity index (χ0n) is 11.5. The summed E-state index contributed by atoms with van der Waals surface area (Å²) in [6.07, 6.45) is 2.51. The van der Waals surface area contributed by atoms with E-state index in [1.165, 1.54) is 17.2 Å². The summed E-state index contributed by atoms with van der Waals surface area (Å²) >= 11 is 1.07. The summed E-state index contributed by atoms with van der Waals surface area (Å²) in [5.41, 5.74) is 0.336. The van der Waals surface area contributed by atoms with Crippen molar-refractivity contribution < 1.29 is 19.1 Å². The number of carbonyl (C=O) groups is 2. The topological polar surface area (TPSA) is 70.5 Å². The van der Waals surface area contributed by atoms with Crippen molar-refractivity contribution in [3.8, 4) is 10.6 Å². The van der Waals surface area contributed by atoms with Crippen molar-refractivity contribution in [2.24, 2.45) is 0 Å². The van der Waals surface area contributed by atoms with Crippen LogP contribution in [0.1, 0.15) is 22.5 Å². The number of nitrogens with zero attached hydrogens (tertiary/aromatic N) is 2. The second kappa shape index (κ2) is 5.84. The molecule has 0 aliphatic carbocycles. The molecule has 1 fully saturated rings. The van der Waals surface area contributed by atoms with Crippen LogP contribution in [0.4, 0.5) is 4.39 Å². The van der Waals surface area contributed by atoms with Crippen LogP contribution in [0, 0.1) is 5.82 Å². The number of aromatic nitrogens is 1. The van der Waals surface area contributed by atoms with Gasteiger partial charge in [0.2, 0.25) is 0 Å². The van der Waals surface area contributed by atoms with E-state index in [1.807, 2.05) is 0 Å². The van der Waals surface area contributed by atoms with Crippen molar-refractivity contribution in [3.05, 3.63) is 41.2 Å². The van der Waals surface area contributed by atoms with E-state index in [4.69, 9.17) is 5.11 Å². The van der Waals surface area contributed by atoms with Gasteiger partial charge in [-0.15, -0.1) is 11.3 Å². The van der Waals surface area contributed by atoms with Gasteiger partial charge in [0.1, 0.15) is 21.7 Å². The normalized spacial score (nSPS) is 17.7. The highest BCUT2D eigenvalue weighted by Crippen LogP contribution is 2.29.